The SMILES string of the molecule is CCN(Cc1ccccc1)C(=O)CSc1n[nH]c(/C=C/c2ccc(C)o2)n1. The van der Waals surface area contributed by atoms with E-state index in [1.807, 2.05) is 67.3 Å². The number of hydrogen-bond acceptors (Lipinski definition) is 5. The topological polar surface area (TPSA) is 75.0 Å². The monoisotopic (exact) mass is 382 g/mol. The molecule has 0 aliphatic heterocycles. The normalized spacial score (nSPS) is 11.2. The lowest BCUT2D eigenvalue weighted by atomic mass is 10.2. The van der Waals surface area contributed by atoms with Crippen molar-refractivity contribution in [1.82, 2.24) is 20.1 Å². The van der Waals surface area contributed by atoms with E-state index in [-0.39, 0.29) is 5.91 Å². The number of nitrogens with zero attached hydrogens (tertiary/aromatic N) is 3. The number of carbonyl (C=O) groups excluding carboxylic acids is 1. The van der Waals surface area contributed by atoms with E-state index < -0.39 is 0 Å². The highest BCUT2D eigenvalue weighted by atomic mass is 32.2. The van der Waals surface area contributed by atoms with Crippen LogP contribution in [-0.4, -0.2) is 38.3 Å². The summed E-state index contributed by atoms with van der Waals surface area (Å²) in [6.45, 7) is 5.16. The zero-order valence-corrected chi connectivity index (χ0v) is 16.2. The van der Waals surface area contributed by atoms with Gasteiger partial charge in [0.15, 0.2) is 0 Å². The number of benzene rings is 1. The number of aromatic nitrogens is 3. The maximum Gasteiger partial charge on any atom is 0.233 e. The van der Waals surface area contributed by atoms with E-state index >= 15 is 0 Å². The predicted octanol–water partition coefficient (Wildman–Crippen LogP) is 4.02. The van der Waals surface area contributed by atoms with Crippen LogP contribution in [0.25, 0.3) is 12.2 Å². The third kappa shape index (κ3) is 5.59. The Balaban J connectivity index is 1.52. The van der Waals surface area contributed by atoms with Crippen LogP contribution in [0, 0.1) is 6.92 Å². The minimum atomic E-state index is 0.0688. The zero-order valence-electron chi connectivity index (χ0n) is 15.4. The maximum atomic E-state index is 12.5. The molecule has 0 atom stereocenters. The van der Waals surface area contributed by atoms with Gasteiger partial charge in [0.25, 0.3) is 0 Å². The van der Waals surface area contributed by atoms with E-state index in [9.17, 15) is 4.79 Å². The van der Waals surface area contributed by atoms with Crippen LogP contribution in [-0.2, 0) is 11.3 Å². The van der Waals surface area contributed by atoms with Crippen molar-refractivity contribution in [2.75, 3.05) is 12.3 Å². The van der Waals surface area contributed by atoms with Crippen LogP contribution in [0.5, 0.6) is 0 Å². The first-order chi connectivity index (χ1) is 13.1. The highest BCUT2D eigenvalue weighted by Crippen LogP contribution is 2.16. The fraction of sp³-hybridized carbons (Fsp3) is 0.250. The number of thioether (sulfide) groups is 1. The number of amides is 1. The summed E-state index contributed by atoms with van der Waals surface area (Å²) in [7, 11) is 0. The molecule has 1 N–H and O–H groups in total. The molecule has 0 aliphatic carbocycles. The van der Waals surface area contributed by atoms with Crippen LogP contribution in [0.1, 0.15) is 29.8 Å². The van der Waals surface area contributed by atoms with Crippen molar-refractivity contribution in [3.8, 4) is 0 Å². The number of H-pyrrole nitrogens is 1. The molecule has 1 aromatic carbocycles. The maximum absolute atomic E-state index is 12.5. The number of furan rings is 1. The van der Waals surface area contributed by atoms with Crippen molar-refractivity contribution < 1.29 is 9.21 Å². The van der Waals surface area contributed by atoms with Crippen LogP contribution in [0.4, 0.5) is 0 Å². The first kappa shape index (κ1) is 19.0. The first-order valence-corrected chi connectivity index (χ1v) is 9.74. The quantitative estimate of drug-likeness (QED) is 0.596. The van der Waals surface area contributed by atoms with Gasteiger partial charge in [-0.05, 0) is 43.7 Å². The highest BCUT2D eigenvalue weighted by Gasteiger charge is 2.14. The van der Waals surface area contributed by atoms with E-state index in [2.05, 4.69) is 15.2 Å². The summed E-state index contributed by atoms with van der Waals surface area (Å²) in [6, 6.07) is 13.8. The average Bonchev–Trinajstić information content (AvgIpc) is 3.32. The summed E-state index contributed by atoms with van der Waals surface area (Å²) in [5.41, 5.74) is 1.12. The van der Waals surface area contributed by atoms with Gasteiger partial charge in [0.1, 0.15) is 17.3 Å². The number of nitrogens with one attached hydrogen (secondary N) is 1. The molecule has 0 fully saturated rings. The summed E-state index contributed by atoms with van der Waals surface area (Å²) in [6.07, 6.45) is 3.62. The number of aryl methyl sites for hydroxylation is 1. The van der Waals surface area contributed by atoms with Gasteiger partial charge < -0.3 is 9.32 Å². The molecule has 2 heterocycles. The Kier molecular flexibility index (Phi) is 6.49. The van der Waals surface area contributed by atoms with Gasteiger partial charge >= 0.3 is 0 Å². The van der Waals surface area contributed by atoms with E-state index in [4.69, 9.17) is 4.42 Å². The Hall–Kier alpha value is -2.80. The minimum absolute atomic E-state index is 0.0688. The molecule has 0 unspecified atom stereocenters. The van der Waals surface area contributed by atoms with Crippen molar-refractivity contribution in [2.24, 2.45) is 0 Å². The minimum Gasteiger partial charge on any atom is -0.462 e. The van der Waals surface area contributed by atoms with Gasteiger partial charge in [-0.15, -0.1) is 5.10 Å². The van der Waals surface area contributed by atoms with Crippen LogP contribution in [0.15, 0.2) is 52.0 Å². The lowest BCUT2D eigenvalue weighted by molar-refractivity contribution is -0.128. The molecule has 140 valence electrons. The molecule has 0 spiro atoms. The van der Waals surface area contributed by atoms with Crippen molar-refractivity contribution in [3.63, 3.8) is 0 Å². The summed E-state index contributed by atoms with van der Waals surface area (Å²) in [5, 5.41) is 7.55. The van der Waals surface area contributed by atoms with Crippen molar-refractivity contribution >= 4 is 29.8 Å². The van der Waals surface area contributed by atoms with Crippen LogP contribution >= 0.6 is 11.8 Å². The second kappa shape index (κ2) is 9.23. The number of rotatable bonds is 8. The van der Waals surface area contributed by atoms with E-state index in [1.165, 1.54) is 11.8 Å². The van der Waals surface area contributed by atoms with Gasteiger partial charge in [0.05, 0.1) is 5.75 Å². The van der Waals surface area contributed by atoms with Gasteiger partial charge in [0, 0.05) is 13.1 Å². The Morgan fingerprint density at radius 3 is 2.74 bits per heavy atom. The summed E-state index contributed by atoms with van der Waals surface area (Å²) in [5.74, 6) is 2.61. The molecular weight excluding hydrogens is 360 g/mol. The fourth-order valence-corrected chi connectivity index (χ4v) is 3.21. The molecule has 3 rings (SSSR count). The van der Waals surface area contributed by atoms with Crippen molar-refractivity contribution in [3.05, 3.63) is 65.4 Å². The standard InChI is InChI=1S/C20H22N4O2S/c1-3-24(13-16-7-5-4-6-8-16)19(25)14-27-20-21-18(22-23-20)12-11-17-10-9-15(2)26-17/h4-12H,3,13-14H2,1-2H3,(H,21,22,23)/b12-11+. The first-order valence-electron chi connectivity index (χ1n) is 8.75. The van der Waals surface area contributed by atoms with Gasteiger partial charge in [-0.3, -0.25) is 9.89 Å². The van der Waals surface area contributed by atoms with E-state index in [0.717, 1.165) is 17.1 Å². The van der Waals surface area contributed by atoms with Crippen LogP contribution < -0.4 is 0 Å². The zero-order chi connectivity index (χ0) is 19.1. The molecule has 2 aromatic heterocycles. The fourth-order valence-electron chi connectivity index (χ4n) is 2.50. The smallest absolute Gasteiger partial charge is 0.233 e. The Bertz CT molecular complexity index is 902. The molecule has 7 heteroatoms. The van der Waals surface area contributed by atoms with Gasteiger partial charge in [-0.1, -0.05) is 42.1 Å². The molecule has 0 aliphatic rings. The summed E-state index contributed by atoms with van der Waals surface area (Å²) < 4.78 is 5.47. The van der Waals surface area contributed by atoms with E-state index in [0.29, 0.717) is 29.8 Å². The largest absolute Gasteiger partial charge is 0.462 e. The molecule has 3 aromatic rings. The lowest BCUT2D eigenvalue weighted by Gasteiger charge is -2.20. The molecular formula is C20H22N4O2S. The molecule has 0 saturated heterocycles. The molecule has 0 radical (unpaired) electrons. The highest BCUT2D eigenvalue weighted by molar-refractivity contribution is 7.99. The van der Waals surface area contributed by atoms with Crippen LogP contribution in [0.3, 0.4) is 0 Å². The van der Waals surface area contributed by atoms with Crippen molar-refractivity contribution in [1.29, 1.82) is 0 Å². The Morgan fingerprint density at radius 2 is 2.04 bits per heavy atom. The second-order valence-corrected chi connectivity index (χ2v) is 6.91. The summed E-state index contributed by atoms with van der Waals surface area (Å²) in [4.78, 5) is 18.7. The molecule has 1 amide bonds. The number of carbonyl (C=O) groups is 1. The molecule has 27 heavy (non-hydrogen) atoms. The van der Waals surface area contributed by atoms with Gasteiger partial charge in [0.2, 0.25) is 11.1 Å². The van der Waals surface area contributed by atoms with Gasteiger partial charge in [-0.2, -0.15) is 0 Å². The average molecular weight is 382 g/mol. The van der Waals surface area contributed by atoms with Gasteiger partial charge in [-0.25, -0.2) is 4.98 Å². The number of aromatic amines is 1. The Labute approximate surface area is 162 Å². The van der Waals surface area contributed by atoms with Crippen molar-refractivity contribution in [2.45, 2.75) is 25.5 Å². The molecule has 0 saturated carbocycles. The summed E-state index contributed by atoms with van der Waals surface area (Å²) >= 11 is 1.33. The number of hydrogen-bond donors (Lipinski definition) is 1. The molecule has 0 bridgehead atoms. The third-order valence-corrected chi connectivity index (χ3v) is 4.76. The lowest BCUT2D eigenvalue weighted by Crippen LogP contribution is -2.31. The predicted molar refractivity (Wildman–Crippen MR) is 107 cm³/mol. The van der Waals surface area contributed by atoms with Crippen LogP contribution in [0.2, 0.25) is 0 Å². The Morgan fingerprint density at radius 1 is 1.22 bits per heavy atom. The molecule has 6 nitrogen and oxygen atoms in total. The van der Waals surface area contributed by atoms with E-state index in [1.54, 1.807) is 6.08 Å². The third-order valence-electron chi connectivity index (χ3n) is 3.92. The second-order valence-electron chi connectivity index (χ2n) is 5.97.